The molecule has 1 aromatic rings. The Morgan fingerprint density at radius 3 is 2.44 bits per heavy atom. The van der Waals surface area contributed by atoms with Crippen LogP contribution < -0.4 is 5.32 Å². The molecule has 11 heteroatoms. The number of carboxylic acid groups (broad SMARTS) is 1. The lowest BCUT2D eigenvalue weighted by Crippen LogP contribution is -2.71. The predicted octanol–water partition coefficient (Wildman–Crippen LogP) is 2.92. The van der Waals surface area contributed by atoms with Crippen molar-refractivity contribution in [3.05, 3.63) is 35.9 Å². The van der Waals surface area contributed by atoms with Crippen LogP contribution in [-0.4, -0.2) is 88.7 Å². The Morgan fingerprint density at radius 2 is 1.79 bits per heavy atom. The average Bonchev–Trinajstić information content (AvgIpc) is 3.03. The summed E-state index contributed by atoms with van der Waals surface area (Å²) >= 11 is 0. The summed E-state index contributed by atoms with van der Waals surface area (Å²) < 4.78 is 16.2. The van der Waals surface area contributed by atoms with Gasteiger partial charge in [0.15, 0.2) is 0 Å². The Bertz CT molecular complexity index is 1000. The number of ether oxygens (including phenoxy) is 3. The third kappa shape index (κ3) is 7.48. The van der Waals surface area contributed by atoms with Crippen LogP contribution in [-0.2, 0) is 35.0 Å². The van der Waals surface area contributed by atoms with Crippen molar-refractivity contribution < 1.29 is 38.5 Å². The Balaban J connectivity index is 2.01. The molecular weight excluding hydrogens is 506 g/mol. The molecule has 216 valence electrons. The van der Waals surface area contributed by atoms with Gasteiger partial charge in [0.1, 0.15) is 23.7 Å². The van der Waals surface area contributed by atoms with Gasteiger partial charge in [-0.3, -0.25) is 19.9 Å². The van der Waals surface area contributed by atoms with Crippen LogP contribution in [0.4, 0.5) is 4.79 Å². The molecule has 0 bridgehead atoms. The largest absolute Gasteiger partial charge is 0.508 e. The Labute approximate surface area is 229 Å². The van der Waals surface area contributed by atoms with Gasteiger partial charge in [0.2, 0.25) is 0 Å². The number of benzene rings is 1. The van der Waals surface area contributed by atoms with Crippen LogP contribution in [0.3, 0.4) is 0 Å². The third-order valence-electron chi connectivity index (χ3n) is 7.22. The highest BCUT2D eigenvalue weighted by Crippen LogP contribution is 2.33. The summed E-state index contributed by atoms with van der Waals surface area (Å²) in [5, 5.41) is 16.3. The highest BCUT2D eigenvalue weighted by atomic mass is 16.7. The number of nitrogens with zero attached hydrogens (tertiary/aromatic N) is 2. The molecule has 39 heavy (non-hydrogen) atoms. The van der Waals surface area contributed by atoms with E-state index in [0.717, 1.165) is 5.56 Å². The molecule has 2 N–H and O–H groups in total. The number of carbonyl (C=O) groups is 4. The van der Waals surface area contributed by atoms with Crippen molar-refractivity contribution in [1.82, 2.24) is 15.3 Å². The summed E-state index contributed by atoms with van der Waals surface area (Å²) in [6, 6.07) is 7.64. The monoisotopic (exact) mass is 547 g/mol. The average molecular weight is 548 g/mol. The lowest BCUT2D eigenvalue weighted by molar-refractivity contribution is -0.181. The first-order chi connectivity index (χ1) is 18.6. The maximum absolute atomic E-state index is 14.4. The van der Waals surface area contributed by atoms with Gasteiger partial charge in [-0.05, 0) is 71.8 Å². The molecule has 2 heterocycles. The number of aliphatic carboxylic acids is 1. The molecule has 0 spiro atoms. The fraction of sp³-hybridized carbons (Fsp3) is 0.643. The minimum absolute atomic E-state index is 0.150. The summed E-state index contributed by atoms with van der Waals surface area (Å²) in [7, 11) is 0. The van der Waals surface area contributed by atoms with Gasteiger partial charge >= 0.3 is 18.1 Å². The Hall–Kier alpha value is -3.18. The van der Waals surface area contributed by atoms with E-state index in [1.807, 2.05) is 30.3 Å². The second-order valence-electron chi connectivity index (χ2n) is 10.3. The molecule has 2 aliphatic rings. The summed E-state index contributed by atoms with van der Waals surface area (Å²) in [4.78, 5) is 52.3. The molecule has 3 rings (SSSR count). The summed E-state index contributed by atoms with van der Waals surface area (Å²) in [6.07, 6.45) is 0.0206. The zero-order valence-electron chi connectivity index (χ0n) is 23.3. The van der Waals surface area contributed by atoms with Gasteiger partial charge in [-0.1, -0.05) is 30.3 Å². The first kappa shape index (κ1) is 30.4. The fourth-order valence-electron chi connectivity index (χ4n) is 5.32. The van der Waals surface area contributed by atoms with Crippen molar-refractivity contribution in [2.24, 2.45) is 0 Å². The number of hydrogen-bond donors (Lipinski definition) is 2. The normalized spacial score (nSPS) is 23.4. The number of carboxylic acids is 1. The highest BCUT2D eigenvalue weighted by molar-refractivity contribution is 5.92. The first-order valence-corrected chi connectivity index (χ1v) is 13.8. The minimum Gasteiger partial charge on any atom is -0.480 e. The number of fused-ring (bicyclic) bond motifs is 1. The lowest BCUT2D eigenvalue weighted by Gasteiger charge is -2.46. The molecule has 0 aromatic heterocycles. The second kappa shape index (κ2) is 13.7. The van der Waals surface area contributed by atoms with Crippen molar-refractivity contribution in [2.45, 2.75) is 96.1 Å². The van der Waals surface area contributed by atoms with Crippen LogP contribution in [0.5, 0.6) is 0 Å². The summed E-state index contributed by atoms with van der Waals surface area (Å²) in [6.45, 7) is 7.77. The van der Waals surface area contributed by atoms with Gasteiger partial charge < -0.3 is 19.3 Å². The summed E-state index contributed by atoms with van der Waals surface area (Å²) in [5.74, 6) is -2.19. The van der Waals surface area contributed by atoms with E-state index < -0.39 is 53.8 Å². The van der Waals surface area contributed by atoms with Crippen molar-refractivity contribution in [1.29, 1.82) is 0 Å². The van der Waals surface area contributed by atoms with E-state index in [-0.39, 0.29) is 13.0 Å². The highest BCUT2D eigenvalue weighted by Gasteiger charge is 2.55. The van der Waals surface area contributed by atoms with Gasteiger partial charge in [0.25, 0.3) is 5.91 Å². The maximum atomic E-state index is 14.4. The zero-order valence-corrected chi connectivity index (χ0v) is 23.3. The molecule has 0 aliphatic carbocycles. The fourth-order valence-corrected chi connectivity index (χ4v) is 5.32. The topological polar surface area (TPSA) is 135 Å². The number of carbonyl (C=O) groups excluding carboxylic acids is 3. The van der Waals surface area contributed by atoms with Crippen LogP contribution in [0.25, 0.3) is 0 Å². The van der Waals surface area contributed by atoms with Crippen LogP contribution in [0.15, 0.2) is 30.3 Å². The SMILES string of the molecule is CCOC(=O)[C@H](CCc1ccccc1)N[C@]1(C(C)OC(=O)OC(C)C)CCCN2CCC[C@@H](C(=O)O)N2C1=O. The standard InChI is InChI=1S/C28H41N3O8/c1-5-37-25(34)22(15-14-21-11-7-6-8-12-21)29-28(20(4)39-27(36)38-19(2)3)16-10-18-30-17-9-13-23(24(32)33)31(30)26(28)35/h6-8,11-12,19-20,22-23,29H,5,9-10,13-18H2,1-4H3,(H,32,33)/t20?,22-,23-,28-/m0/s1. The van der Waals surface area contributed by atoms with Crippen molar-refractivity contribution in [3.63, 3.8) is 0 Å². The van der Waals surface area contributed by atoms with Crippen LogP contribution in [0.2, 0.25) is 0 Å². The number of rotatable bonds is 11. The molecule has 1 amide bonds. The smallest absolute Gasteiger partial charge is 0.480 e. The lowest BCUT2D eigenvalue weighted by atomic mass is 9.84. The first-order valence-electron chi connectivity index (χ1n) is 13.8. The van der Waals surface area contributed by atoms with E-state index in [1.54, 1.807) is 32.7 Å². The molecule has 1 unspecified atom stereocenters. The predicted molar refractivity (Wildman–Crippen MR) is 142 cm³/mol. The number of hydrogen-bond acceptors (Lipinski definition) is 9. The van der Waals surface area contributed by atoms with Gasteiger partial charge in [0.05, 0.1) is 12.7 Å². The molecule has 0 radical (unpaired) electrons. The molecular formula is C28H41N3O8. The third-order valence-corrected chi connectivity index (χ3v) is 7.22. The van der Waals surface area contributed by atoms with E-state index in [0.29, 0.717) is 45.2 Å². The van der Waals surface area contributed by atoms with Crippen LogP contribution >= 0.6 is 0 Å². The van der Waals surface area contributed by atoms with Crippen LogP contribution in [0.1, 0.15) is 65.4 Å². The van der Waals surface area contributed by atoms with E-state index in [1.165, 1.54) is 5.01 Å². The number of hydrazine groups is 1. The molecule has 4 atom stereocenters. The van der Waals surface area contributed by atoms with Gasteiger partial charge in [-0.2, -0.15) is 0 Å². The molecule has 11 nitrogen and oxygen atoms in total. The van der Waals surface area contributed by atoms with Gasteiger partial charge in [-0.25, -0.2) is 14.6 Å². The Kier molecular flexibility index (Phi) is 10.7. The number of esters is 1. The quantitative estimate of drug-likeness (QED) is 0.398. The zero-order chi connectivity index (χ0) is 28.6. The maximum Gasteiger partial charge on any atom is 0.508 e. The van der Waals surface area contributed by atoms with Crippen molar-refractivity contribution in [2.75, 3.05) is 19.7 Å². The van der Waals surface area contributed by atoms with Gasteiger partial charge in [0, 0.05) is 13.1 Å². The van der Waals surface area contributed by atoms with E-state index >= 15 is 0 Å². The summed E-state index contributed by atoms with van der Waals surface area (Å²) in [5.41, 5.74) is -0.586. The Morgan fingerprint density at radius 1 is 1.10 bits per heavy atom. The van der Waals surface area contributed by atoms with Crippen molar-refractivity contribution >= 4 is 24.0 Å². The van der Waals surface area contributed by atoms with E-state index in [2.05, 4.69) is 5.32 Å². The molecule has 1 aromatic carbocycles. The number of nitrogens with one attached hydrogen (secondary N) is 1. The van der Waals surface area contributed by atoms with E-state index in [4.69, 9.17) is 14.2 Å². The molecule has 2 aliphatic heterocycles. The van der Waals surface area contributed by atoms with Crippen molar-refractivity contribution in [3.8, 4) is 0 Å². The van der Waals surface area contributed by atoms with E-state index in [9.17, 15) is 24.3 Å². The molecule has 2 fully saturated rings. The van der Waals surface area contributed by atoms with Crippen LogP contribution in [0, 0.1) is 0 Å². The second-order valence-corrected chi connectivity index (χ2v) is 10.3. The number of aryl methyl sites for hydroxylation is 1. The molecule has 0 saturated carbocycles. The molecule has 2 saturated heterocycles. The van der Waals surface area contributed by atoms with Gasteiger partial charge in [-0.15, -0.1) is 0 Å². The minimum atomic E-state index is -1.59. The number of amides is 1.